The average molecular weight is 206 g/mol. The van der Waals surface area contributed by atoms with Crippen molar-refractivity contribution in [2.45, 2.75) is 19.9 Å². The maximum absolute atomic E-state index is 10.9. The van der Waals surface area contributed by atoms with Crippen LogP contribution in [0.15, 0.2) is 4.99 Å². The Bertz CT molecular complexity index is 195. The molecule has 0 aromatic rings. The number of nitrogens with zero attached hydrogens (tertiary/aromatic N) is 1. The van der Waals surface area contributed by atoms with Crippen LogP contribution in [0.3, 0.4) is 0 Å². The van der Waals surface area contributed by atoms with E-state index in [9.17, 15) is 4.21 Å². The Kier molecular flexibility index (Phi) is 6.52. The molecule has 2 atom stereocenters. The molecule has 4 N–H and O–H groups in total. The van der Waals surface area contributed by atoms with E-state index < -0.39 is 10.8 Å². The molecule has 78 valence electrons. The lowest BCUT2D eigenvalue weighted by Crippen LogP contribution is -2.47. The Labute approximate surface area is 81.6 Å². The van der Waals surface area contributed by atoms with Gasteiger partial charge >= 0.3 is 0 Å². The Morgan fingerprint density at radius 3 is 2.69 bits per heavy atom. The van der Waals surface area contributed by atoms with Gasteiger partial charge in [-0.3, -0.25) is 14.6 Å². The van der Waals surface area contributed by atoms with E-state index in [1.54, 1.807) is 6.26 Å². The molecule has 0 aliphatic rings. The van der Waals surface area contributed by atoms with Crippen molar-refractivity contribution in [1.82, 2.24) is 10.7 Å². The van der Waals surface area contributed by atoms with Crippen LogP contribution in [0.5, 0.6) is 0 Å². The lowest BCUT2D eigenvalue weighted by atomic mass is 10.4. The zero-order valence-corrected chi connectivity index (χ0v) is 9.15. The summed E-state index contributed by atoms with van der Waals surface area (Å²) in [5, 5.41) is 3.02. The second-order valence-corrected chi connectivity index (χ2v) is 4.23. The summed E-state index contributed by atoms with van der Waals surface area (Å²) in [6.07, 6.45) is 1.67. The molecule has 0 aliphatic heterocycles. The second-order valence-electron chi connectivity index (χ2n) is 2.75. The molecule has 0 aromatic carbocycles. The zero-order valence-electron chi connectivity index (χ0n) is 8.33. The van der Waals surface area contributed by atoms with Crippen LogP contribution in [0.1, 0.15) is 13.8 Å². The standard InChI is InChI=1S/C7H18N4OS/c1-4-9-7(11-8)10-6(2)5-13(3)12/h6H,4-5,8H2,1-3H3,(H2,9,10,11). The largest absolute Gasteiger partial charge is 0.352 e. The first-order valence-corrected chi connectivity index (χ1v) is 5.90. The molecule has 0 radical (unpaired) electrons. The van der Waals surface area contributed by atoms with E-state index >= 15 is 0 Å². The molecule has 0 amide bonds. The van der Waals surface area contributed by atoms with Gasteiger partial charge < -0.3 is 5.32 Å². The van der Waals surface area contributed by atoms with E-state index in [1.807, 2.05) is 13.8 Å². The van der Waals surface area contributed by atoms with Gasteiger partial charge in [-0.2, -0.15) is 0 Å². The Hall–Kier alpha value is -0.620. The summed E-state index contributed by atoms with van der Waals surface area (Å²) in [6, 6.07) is 0.104. The molecule has 13 heavy (non-hydrogen) atoms. The molecule has 0 aromatic heterocycles. The first-order chi connectivity index (χ1) is 6.10. The normalized spacial score (nSPS) is 16.5. The molecular weight excluding hydrogens is 188 g/mol. The Morgan fingerprint density at radius 2 is 2.31 bits per heavy atom. The average Bonchev–Trinajstić information content (AvgIpc) is 2.02. The van der Waals surface area contributed by atoms with Gasteiger partial charge in [0.1, 0.15) is 0 Å². The second kappa shape index (κ2) is 6.85. The summed E-state index contributed by atoms with van der Waals surface area (Å²) in [5.74, 6) is 6.35. The fraction of sp³-hybridized carbons (Fsp3) is 0.857. The van der Waals surface area contributed by atoms with E-state index in [-0.39, 0.29) is 6.04 Å². The highest BCUT2D eigenvalue weighted by molar-refractivity contribution is 7.84. The van der Waals surface area contributed by atoms with Crippen molar-refractivity contribution in [3.63, 3.8) is 0 Å². The first-order valence-electron chi connectivity index (χ1n) is 4.17. The summed E-state index contributed by atoms with van der Waals surface area (Å²) in [5.41, 5.74) is 2.45. The molecule has 2 unspecified atom stereocenters. The van der Waals surface area contributed by atoms with Gasteiger partial charge in [-0.25, -0.2) is 5.84 Å². The van der Waals surface area contributed by atoms with Crippen molar-refractivity contribution in [3.05, 3.63) is 0 Å². The topological polar surface area (TPSA) is 79.5 Å². The Morgan fingerprint density at radius 1 is 1.69 bits per heavy atom. The van der Waals surface area contributed by atoms with Crippen LogP contribution in [0.4, 0.5) is 0 Å². The number of nitrogens with one attached hydrogen (secondary N) is 2. The van der Waals surface area contributed by atoms with Gasteiger partial charge in [0, 0.05) is 35.4 Å². The summed E-state index contributed by atoms with van der Waals surface area (Å²) in [6.45, 7) is 4.51. The van der Waals surface area contributed by atoms with Gasteiger partial charge in [0.25, 0.3) is 0 Å². The number of hydrazine groups is 1. The van der Waals surface area contributed by atoms with Gasteiger partial charge in [-0.1, -0.05) is 0 Å². The van der Waals surface area contributed by atoms with Crippen molar-refractivity contribution in [1.29, 1.82) is 0 Å². The van der Waals surface area contributed by atoms with Gasteiger partial charge in [0.2, 0.25) is 5.96 Å². The smallest absolute Gasteiger partial charge is 0.205 e. The highest BCUT2D eigenvalue weighted by Crippen LogP contribution is 1.85. The molecule has 0 bridgehead atoms. The number of rotatable bonds is 4. The summed E-state index contributed by atoms with van der Waals surface area (Å²) in [4.78, 5) is 4.06. The van der Waals surface area contributed by atoms with E-state index in [1.165, 1.54) is 0 Å². The summed E-state index contributed by atoms with van der Waals surface area (Å²) >= 11 is 0. The van der Waals surface area contributed by atoms with Crippen LogP contribution in [0, 0.1) is 0 Å². The predicted octanol–water partition coefficient (Wildman–Crippen LogP) is -0.818. The quantitative estimate of drug-likeness (QED) is 0.243. The SMILES string of the molecule is CCN=C(NN)NC(C)CS(C)=O. The van der Waals surface area contributed by atoms with Crippen LogP contribution in [-0.2, 0) is 10.8 Å². The Balaban J connectivity index is 3.93. The third kappa shape index (κ3) is 6.53. The lowest BCUT2D eigenvalue weighted by Gasteiger charge is -2.14. The lowest BCUT2D eigenvalue weighted by molar-refractivity contribution is 0.665. The van der Waals surface area contributed by atoms with Gasteiger partial charge in [-0.05, 0) is 13.8 Å². The van der Waals surface area contributed by atoms with Crippen molar-refractivity contribution >= 4 is 16.8 Å². The van der Waals surface area contributed by atoms with Crippen LogP contribution in [-0.4, -0.2) is 34.8 Å². The van der Waals surface area contributed by atoms with Crippen molar-refractivity contribution < 1.29 is 4.21 Å². The van der Waals surface area contributed by atoms with E-state index in [4.69, 9.17) is 5.84 Å². The fourth-order valence-corrected chi connectivity index (χ4v) is 1.71. The van der Waals surface area contributed by atoms with Crippen LogP contribution in [0.25, 0.3) is 0 Å². The molecule has 0 fully saturated rings. The highest BCUT2D eigenvalue weighted by Gasteiger charge is 2.05. The monoisotopic (exact) mass is 206 g/mol. The molecule has 0 spiro atoms. The molecular formula is C7H18N4OS. The van der Waals surface area contributed by atoms with E-state index in [0.717, 1.165) is 0 Å². The number of guanidine groups is 1. The number of aliphatic imine (C=N–C) groups is 1. The van der Waals surface area contributed by atoms with Crippen molar-refractivity contribution in [3.8, 4) is 0 Å². The minimum atomic E-state index is -0.804. The number of hydrogen-bond acceptors (Lipinski definition) is 3. The number of nitrogens with two attached hydrogens (primary N) is 1. The molecule has 0 aliphatic carbocycles. The molecule has 0 saturated carbocycles. The maximum Gasteiger partial charge on any atom is 0.205 e. The van der Waals surface area contributed by atoms with Crippen LogP contribution in [0.2, 0.25) is 0 Å². The minimum Gasteiger partial charge on any atom is -0.352 e. The molecule has 0 heterocycles. The van der Waals surface area contributed by atoms with Gasteiger partial charge in [-0.15, -0.1) is 0 Å². The molecule has 5 nitrogen and oxygen atoms in total. The highest BCUT2D eigenvalue weighted by atomic mass is 32.2. The molecule has 6 heteroatoms. The minimum absolute atomic E-state index is 0.104. The maximum atomic E-state index is 10.9. The van der Waals surface area contributed by atoms with Gasteiger partial charge in [0.05, 0.1) is 0 Å². The van der Waals surface area contributed by atoms with Crippen LogP contribution >= 0.6 is 0 Å². The molecule has 0 rings (SSSR count). The van der Waals surface area contributed by atoms with E-state index in [0.29, 0.717) is 18.3 Å². The number of hydrogen-bond donors (Lipinski definition) is 3. The summed E-state index contributed by atoms with van der Waals surface area (Å²) < 4.78 is 10.9. The van der Waals surface area contributed by atoms with Crippen molar-refractivity contribution in [2.75, 3.05) is 18.6 Å². The predicted molar refractivity (Wildman–Crippen MR) is 56.8 cm³/mol. The fourth-order valence-electron chi connectivity index (χ4n) is 0.918. The van der Waals surface area contributed by atoms with Gasteiger partial charge in [0.15, 0.2) is 0 Å². The van der Waals surface area contributed by atoms with Crippen molar-refractivity contribution in [2.24, 2.45) is 10.8 Å². The third-order valence-electron chi connectivity index (χ3n) is 1.32. The third-order valence-corrected chi connectivity index (χ3v) is 2.29. The van der Waals surface area contributed by atoms with E-state index in [2.05, 4.69) is 15.7 Å². The zero-order chi connectivity index (χ0) is 10.3. The summed E-state index contributed by atoms with van der Waals surface area (Å²) in [7, 11) is -0.804. The first kappa shape index (κ1) is 12.4. The molecule has 0 saturated heterocycles. The van der Waals surface area contributed by atoms with Crippen LogP contribution < -0.4 is 16.6 Å².